The van der Waals surface area contributed by atoms with Crippen LogP contribution in [0.1, 0.15) is 44.5 Å². The van der Waals surface area contributed by atoms with Crippen molar-refractivity contribution < 1.29 is 0 Å². The minimum atomic E-state index is 0.716. The normalized spacial score (nSPS) is 20.4. The summed E-state index contributed by atoms with van der Waals surface area (Å²) < 4.78 is 0. The number of aromatic nitrogens is 1. The topological polar surface area (TPSA) is 28.2 Å². The molecule has 2 rings (SSSR count). The number of pyridine rings is 1. The predicted octanol–water partition coefficient (Wildman–Crippen LogP) is 2.57. The molecule has 1 aliphatic heterocycles. The third kappa shape index (κ3) is 3.79. The molecule has 1 N–H and O–H groups in total. The Morgan fingerprint density at radius 3 is 2.94 bits per heavy atom. The highest BCUT2D eigenvalue weighted by molar-refractivity contribution is 5.11. The largest absolute Gasteiger partial charge is 0.311 e. The van der Waals surface area contributed by atoms with E-state index in [-0.39, 0.29) is 0 Å². The van der Waals surface area contributed by atoms with Gasteiger partial charge in [-0.2, -0.15) is 0 Å². The van der Waals surface area contributed by atoms with Gasteiger partial charge in [-0.25, -0.2) is 0 Å². The van der Waals surface area contributed by atoms with Gasteiger partial charge in [0.15, 0.2) is 0 Å². The number of rotatable bonds is 6. The van der Waals surface area contributed by atoms with Crippen molar-refractivity contribution in [2.24, 2.45) is 0 Å². The van der Waals surface area contributed by atoms with Crippen LogP contribution < -0.4 is 5.32 Å². The van der Waals surface area contributed by atoms with E-state index in [0.717, 1.165) is 25.3 Å². The number of nitrogens with one attached hydrogen (secondary N) is 1. The van der Waals surface area contributed by atoms with E-state index in [1.165, 1.54) is 31.5 Å². The molecule has 0 aromatic carbocycles. The van der Waals surface area contributed by atoms with E-state index in [9.17, 15) is 0 Å². The van der Waals surface area contributed by atoms with Crippen molar-refractivity contribution in [2.75, 3.05) is 13.1 Å². The molecular formula is C15H25N3. The molecular weight excluding hydrogens is 222 g/mol. The maximum atomic E-state index is 4.74. The summed E-state index contributed by atoms with van der Waals surface area (Å²) in [7, 11) is 0. The highest BCUT2D eigenvalue weighted by atomic mass is 15.2. The van der Waals surface area contributed by atoms with Crippen molar-refractivity contribution in [1.82, 2.24) is 15.2 Å². The molecule has 0 saturated carbocycles. The first kappa shape index (κ1) is 13.5. The second-order valence-electron chi connectivity index (χ2n) is 5.26. The molecule has 1 fully saturated rings. The average Bonchev–Trinajstić information content (AvgIpc) is 2.76. The molecule has 1 unspecified atom stereocenters. The van der Waals surface area contributed by atoms with Crippen molar-refractivity contribution in [3.63, 3.8) is 0 Å². The zero-order valence-corrected chi connectivity index (χ0v) is 11.7. The molecule has 18 heavy (non-hydrogen) atoms. The van der Waals surface area contributed by atoms with Crippen LogP contribution in [0, 0.1) is 0 Å². The summed E-state index contributed by atoms with van der Waals surface area (Å²) in [6.45, 7) is 8.68. The van der Waals surface area contributed by atoms with E-state index in [1.54, 1.807) is 0 Å². The zero-order valence-electron chi connectivity index (χ0n) is 11.7. The molecule has 1 aromatic heterocycles. The van der Waals surface area contributed by atoms with Crippen LogP contribution in [0.25, 0.3) is 0 Å². The van der Waals surface area contributed by atoms with E-state index >= 15 is 0 Å². The van der Waals surface area contributed by atoms with Gasteiger partial charge in [0, 0.05) is 19.1 Å². The lowest BCUT2D eigenvalue weighted by Crippen LogP contribution is -2.26. The van der Waals surface area contributed by atoms with E-state index in [2.05, 4.69) is 42.3 Å². The molecule has 0 bridgehead atoms. The minimum absolute atomic E-state index is 0.716. The first-order chi connectivity index (χ1) is 8.79. The molecule has 0 amide bonds. The number of hydrogen-bond acceptors (Lipinski definition) is 3. The Bertz CT molecular complexity index is 365. The van der Waals surface area contributed by atoms with Crippen LogP contribution in [-0.4, -0.2) is 29.0 Å². The van der Waals surface area contributed by atoms with Gasteiger partial charge in [-0.15, -0.1) is 0 Å². The van der Waals surface area contributed by atoms with Crippen molar-refractivity contribution in [3.05, 3.63) is 29.6 Å². The van der Waals surface area contributed by atoms with E-state index in [0.29, 0.717) is 6.04 Å². The lowest BCUT2D eigenvalue weighted by atomic mass is 10.2. The predicted molar refractivity (Wildman–Crippen MR) is 75.3 cm³/mol. The molecule has 0 aliphatic carbocycles. The highest BCUT2D eigenvalue weighted by Gasteiger charge is 2.20. The highest BCUT2D eigenvalue weighted by Crippen LogP contribution is 2.18. The number of hydrogen-bond donors (Lipinski definition) is 1. The Balaban J connectivity index is 1.90. The van der Waals surface area contributed by atoms with Gasteiger partial charge in [0.25, 0.3) is 0 Å². The zero-order chi connectivity index (χ0) is 12.8. The van der Waals surface area contributed by atoms with Gasteiger partial charge in [-0.3, -0.25) is 9.88 Å². The fourth-order valence-corrected chi connectivity index (χ4v) is 2.54. The van der Waals surface area contributed by atoms with Crippen molar-refractivity contribution >= 4 is 0 Å². The standard InChI is InChI=1S/C15H25N3/c1-3-9-16-11-14-7-4-8-15(17-14)12-18-10-5-6-13(18)2/h4,7-8,13,16H,3,5-6,9-12H2,1-2H3. The molecule has 2 heterocycles. The summed E-state index contributed by atoms with van der Waals surface area (Å²) in [5.41, 5.74) is 2.37. The van der Waals surface area contributed by atoms with Gasteiger partial charge in [0.05, 0.1) is 11.4 Å². The molecule has 3 heteroatoms. The maximum Gasteiger partial charge on any atom is 0.0547 e. The monoisotopic (exact) mass is 247 g/mol. The van der Waals surface area contributed by atoms with Crippen LogP contribution >= 0.6 is 0 Å². The third-order valence-corrected chi connectivity index (χ3v) is 3.65. The maximum absolute atomic E-state index is 4.74. The molecule has 1 aromatic rings. The Hall–Kier alpha value is -0.930. The van der Waals surface area contributed by atoms with E-state index in [4.69, 9.17) is 4.98 Å². The Labute approximate surface area is 111 Å². The van der Waals surface area contributed by atoms with Crippen molar-refractivity contribution in [3.8, 4) is 0 Å². The molecule has 1 saturated heterocycles. The average molecular weight is 247 g/mol. The lowest BCUT2D eigenvalue weighted by molar-refractivity contribution is 0.257. The van der Waals surface area contributed by atoms with Gasteiger partial charge in [0.1, 0.15) is 0 Å². The third-order valence-electron chi connectivity index (χ3n) is 3.65. The summed E-state index contributed by atoms with van der Waals surface area (Å²) in [6.07, 6.45) is 3.83. The SMILES string of the molecule is CCCNCc1cccc(CN2CCCC2C)n1. The minimum Gasteiger partial charge on any atom is -0.311 e. The smallest absolute Gasteiger partial charge is 0.0547 e. The Morgan fingerprint density at radius 1 is 1.39 bits per heavy atom. The van der Waals surface area contributed by atoms with Gasteiger partial charge < -0.3 is 5.32 Å². The molecule has 1 aliphatic rings. The molecule has 0 spiro atoms. The summed E-state index contributed by atoms with van der Waals surface area (Å²) in [5.74, 6) is 0. The second kappa shape index (κ2) is 6.86. The van der Waals surface area contributed by atoms with Crippen molar-refractivity contribution in [1.29, 1.82) is 0 Å². The molecule has 1 atom stereocenters. The first-order valence-electron chi connectivity index (χ1n) is 7.19. The first-order valence-corrected chi connectivity index (χ1v) is 7.19. The molecule has 100 valence electrons. The van der Waals surface area contributed by atoms with Crippen LogP contribution in [-0.2, 0) is 13.1 Å². The summed E-state index contributed by atoms with van der Waals surface area (Å²) >= 11 is 0. The van der Waals surface area contributed by atoms with Gasteiger partial charge in [-0.1, -0.05) is 13.0 Å². The van der Waals surface area contributed by atoms with Crippen molar-refractivity contribution in [2.45, 2.75) is 52.2 Å². The number of nitrogens with zero attached hydrogens (tertiary/aromatic N) is 2. The number of likely N-dealkylation sites (tertiary alicyclic amines) is 1. The van der Waals surface area contributed by atoms with Gasteiger partial charge in [0.2, 0.25) is 0 Å². The fraction of sp³-hybridized carbons (Fsp3) is 0.667. The van der Waals surface area contributed by atoms with E-state index < -0.39 is 0 Å². The van der Waals surface area contributed by atoms with E-state index in [1.807, 2.05) is 0 Å². The quantitative estimate of drug-likeness (QED) is 0.783. The molecule has 0 radical (unpaired) electrons. The van der Waals surface area contributed by atoms with Crippen LogP contribution in [0.5, 0.6) is 0 Å². The van der Waals surface area contributed by atoms with Crippen LogP contribution in [0.3, 0.4) is 0 Å². The molecule has 3 nitrogen and oxygen atoms in total. The van der Waals surface area contributed by atoms with Crippen LogP contribution in [0.2, 0.25) is 0 Å². The fourth-order valence-electron chi connectivity index (χ4n) is 2.54. The lowest BCUT2D eigenvalue weighted by Gasteiger charge is -2.20. The van der Waals surface area contributed by atoms with Gasteiger partial charge in [-0.05, 0) is 51.4 Å². The van der Waals surface area contributed by atoms with Crippen LogP contribution in [0.15, 0.2) is 18.2 Å². The Morgan fingerprint density at radius 2 is 2.22 bits per heavy atom. The summed E-state index contributed by atoms with van der Waals surface area (Å²) in [5, 5.41) is 3.40. The van der Waals surface area contributed by atoms with Crippen LogP contribution in [0.4, 0.5) is 0 Å². The second-order valence-corrected chi connectivity index (χ2v) is 5.26. The summed E-state index contributed by atoms with van der Waals surface area (Å²) in [4.78, 5) is 7.27. The van der Waals surface area contributed by atoms with Gasteiger partial charge >= 0.3 is 0 Å². The Kier molecular flexibility index (Phi) is 5.14. The summed E-state index contributed by atoms with van der Waals surface area (Å²) in [6, 6.07) is 7.11.